The summed E-state index contributed by atoms with van der Waals surface area (Å²) in [5.41, 5.74) is 6.03. The summed E-state index contributed by atoms with van der Waals surface area (Å²) in [4.78, 5) is 29.1. The number of pyridine rings is 1. The number of nitrogens with one attached hydrogen (secondary N) is 1. The van der Waals surface area contributed by atoms with Gasteiger partial charge in [-0.3, -0.25) is 9.78 Å². The summed E-state index contributed by atoms with van der Waals surface area (Å²) in [6, 6.07) is 11.6. The molecule has 6 nitrogen and oxygen atoms in total. The van der Waals surface area contributed by atoms with Crippen molar-refractivity contribution in [3.63, 3.8) is 0 Å². The van der Waals surface area contributed by atoms with E-state index in [4.69, 9.17) is 9.97 Å². The standard InChI is InChI=1S/C25H27N5O/c31-24(27-17-18-7-6-12-26-16-18)20-9-4-8-19(15-20)23-21-10-5-11-22(21)28-25(29-23)30-13-2-1-3-14-30/h4,6-9,12,15-16H,1-3,5,10-11,13-14,17H2,(H,27,31). The third-order valence-electron chi connectivity index (χ3n) is 6.13. The van der Waals surface area contributed by atoms with Gasteiger partial charge in [-0.2, -0.15) is 0 Å². The molecule has 31 heavy (non-hydrogen) atoms. The van der Waals surface area contributed by atoms with Crippen LogP contribution >= 0.6 is 0 Å². The molecule has 1 fully saturated rings. The molecule has 2 aromatic heterocycles. The molecular weight excluding hydrogens is 386 g/mol. The molecule has 0 unspecified atom stereocenters. The fourth-order valence-corrected chi connectivity index (χ4v) is 4.49. The number of fused-ring (bicyclic) bond motifs is 1. The third kappa shape index (κ3) is 4.29. The molecule has 1 amide bonds. The molecular formula is C25H27N5O. The number of amides is 1. The van der Waals surface area contributed by atoms with Crippen molar-refractivity contribution in [3.8, 4) is 11.3 Å². The molecule has 1 aromatic carbocycles. The second-order valence-corrected chi connectivity index (χ2v) is 8.32. The Bertz CT molecular complexity index is 1080. The average molecular weight is 414 g/mol. The Morgan fingerprint density at radius 2 is 1.90 bits per heavy atom. The number of hydrogen-bond donors (Lipinski definition) is 1. The van der Waals surface area contributed by atoms with Gasteiger partial charge in [0.05, 0.1) is 5.69 Å². The van der Waals surface area contributed by atoms with E-state index in [0.717, 1.165) is 55.1 Å². The van der Waals surface area contributed by atoms with Crippen LogP contribution in [0, 0.1) is 0 Å². The monoisotopic (exact) mass is 413 g/mol. The maximum atomic E-state index is 12.8. The second-order valence-electron chi connectivity index (χ2n) is 8.32. The van der Waals surface area contributed by atoms with E-state index < -0.39 is 0 Å². The first-order valence-corrected chi connectivity index (χ1v) is 11.2. The van der Waals surface area contributed by atoms with E-state index in [2.05, 4.69) is 21.3 Å². The SMILES string of the molecule is O=C(NCc1cccnc1)c1cccc(-c2nc(N3CCCCC3)nc3c2CCC3)c1. The number of aromatic nitrogens is 3. The summed E-state index contributed by atoms with van der Waals surface area (Å²) in [6.07, 6.45) is 10.3. The lowest BCUT2D eigenvalue weighted by molar-refractivity contribution is 0.0951. The number of rotatable bonds is 5. The van der Waals surface area contributed by atoms with Crippen molar-refractivity contribution in [3.05, 3.63) is 71.2 Å². The normalized spacial score (nSPS) is 15.5. The van der Waals surface area contributed by atoms with Crippen LogP contribution in [0.2, 0.25) is 0 Å². The first-order valence-electron chi connectivity index (χ1n) is 11.2. The largest absolute Gasteiger partial charge is 0.348 e. The minimum Gasteiger partial charge on any atom is -0.348 e. The van der Waals surface area contributed by atoms with Crippen LogP contribution in [-0.2, 0) is 19.4 Å². The van der Waals surface area contributed by atoms with Crippen LogP contribution < -0.4 is 10.2 Å². The van der Waals surface area contributed by atoms with Crippen molar-refractivity contribution in [1.82, 2.24) is 20.3 Å². The topological polar surface area (TPSA) is 71.0 Å². The molecule has 2 aliphatic rings. The van der Waals surface area contributed by atoms with E-state index in [1.54, 1.807) is 12.4 Å². The third-order valence-corrected chi connectivity index (χ3v) is 6.13. The van der Waals surface area contributed by atoms with Crippen molar-refractivity contribution < 1.29 is 4.79 Å². The zero-order valence-electron chi connectivity index (χ0n) is 17.7. The maximum absolute atomic E-state index is 12.8. The van der Waals surface area contributed by atoms with E-state index >= 15 is 0 Å². The van der Waals surface area contributed by atoms with Crippen molar-refractivity contribution in [2.45, 2.75) is 45.1 Å². The van der Waals surface area contributed by atoms with E-state index in [0.29, 0.717) is 12.1 Å². The molecule has 1 aliphatic heterocycles. The molecule has 0 spiro atoms. The first kappa shape index (κ1) is 19.7. The molecule has 3 heterocycles. The number of nitrogens with zero attached hydrogens (tertiary/aromatic N) is 4. The molecule has 0 atom stereocenters. The molecule has 0 saturated carbocycles. The lowest BCUT2D eigenvalue weighted by Crippen LogP contribution is -2.31. The number of piperidine rings is 1. The highest BCUT2D eigenvalue weighted by Crippen LogP contribution is 2.32. The zero-order valence-corrected chi connectivity index (χ0v) is 17.7. The predicted octanol–water partition coefficient (Wildman–Crippen LogP) is 3.95. The predicted molar refractivity (Wildman–Crippen MR) is 121 cm³/mol. The lowest BCUT2D eigenvalue weighted by Gasteiger charge is -2.27. The van der Waals surface area contributed by atoms with Gasteiger partial charge in [0.15, 0.2) is 0 Å². The van der Waals surface area contributed by atoms with Crippen LogP contribution in [0.15, 0.2) is 48.8 Å². The highest BCUT2D eigenvalue weighted by Gasteiger charge is 2.23. The summed E-state index contributed by atoms with van der Waals surface area (Å²) in [7, 11) is 0. The van der Waals surface area contributed by atoms with Gasteiger partial charge >= 0.3 is 0 Å². The summed E-state index contributed by atoms with van der Waals surface area (Å²) < 4.78 is 0. The van der Waals surface area contributed by atoms with E-state index in [9.17, 15) is 4.79 Å². The molecule has 1 saturated heterocycles. The highest BCUT2D eigenvalue weighted by molar-refractivity contribution is 5.95. The van der Waals surface area contributed by atoms with E-state index in [-0.39, 0.29) is 5.91 Å². The van der Waals surface area contributed by atoms with Gasteiger partial charge < -0.3 is 10.2 Å². The average Bonchev–Trinajstić information content (AvgIpc) is 3.32. The Hall–Kier alpha value is -3.28. The quantitative estimate of drug-likeness (QED) is 0.686. The van der Waals surface area contributed by atoms with Gasteiger partial charge in [-0.15, -0.1) is 0 Å². The Labute approximate surface area is 182 Å². The number of carbonyl (C=O) groups is 1. The first-order chi connectivity index (χ1) is 15.3. The minimum atomic E-state index is -0.0901. The molecule has 6 heteroatoms. The van der Waals surface area contributed by atoms with Crippen molar-refractivity contribution >= 4 is 11.9 Å². The van der Waals surface area contributed by atoms with Crippen molar-refractivity contribution in [2.24, 2.45) is 0 Å². The summed E-state index contributed by atoms with van der Waals surface area (Å²) in [5, 5.41) is 2.99. The highest BCUT2D eigenvalue weighted by atomic mass is 16.1. The number of benzene rings is 1. The van der Waals surface area contributed by atoms with Gasteiger partial charge in [0.2, 0.25) is 5.95 Å². The molecule has 1 aliphatic carbocycles. The zero-order chi connectivity index (χ0) is 21.0. The molecule has 0 radical (unpaired) electrons. The van der Waals surface area contributed by atoms with Gasteiger partial charge in [0, 0.05) is 54.4 Å². The van der Waals surface area contributed by atoms with Crippen LogP contribution in [-0.4, -0.2) is 33.9 Å². The number of carbonyl (C=O) groups excluding carboxylic acids is 1. The van der Waals surface area contributed by atoms with Gasteiger partial charge in [0.1, 0.15) is 0 Å². The van der Waals surface area contributed by atoms with Crippen LogP contribution in [0.5, 0.6) is 0 Å². The van der Waals surface area contributed by atoms with Crippen LogP contribution in [0.3, 0.4) is 0 Å². The minimum absolute atomic E-state index is 0.0901. The van der Waals surface area contributed by atoms with Gasteiger partial charge in [-0.1, -0.05) is 18.2 Å². The van der Waals surface area contributed by atoms with Crippen LogP contribution in [0.25, 0.3) is 11.3 Å². The molecule has 0 bridgehead atoms. The van der Waals surface area contributed by atoms with Crippen LogP contribution in [0.1, 0.15) is 52.9 Å². The van der Waals surface area contributed by atoms with Gasteiger partial charge in [0.25, 0.3) is 5.91 Å². The summed E-state index contributed by atoms with van der Waals surface area (Å²) in [6.45, 7) is 2.50. The Balaban J connectivity index is 1.42. The van der Waals surface area contributed by atoms with Crippen molar-refractivity contribution in [1.29, 1.82) is 0 Å². The second kappa shape index (κ2) is 8.84. The Morgan fingerprint density at radius 1 is 1.00 bits per heavy atom. The van der Waals surface area contributed by atoms with Gasteiger partial charge in [-0.05, 0) is 62.3 Å². The van der Waals surface area contributed by atoms with Gasteiger partial charge in [-0.25, -0.2) is 9.97 Å². The number of hydrogen-bond acceptors (Lipinski definition) is 5. The fraction of sp³-hybridized carbons (Fsp3) is 0.360. The summed E-state index contributed by atoms with van der Waals surface area (Å²) in [5.74, 6) is 0.759. The van der Waals surface area contributed by atoms with E-state index in [1.807, 2.05) is 30.3 Å². The van der Waals surface area contributed by atoms with E-state index in [1.165, 1.54) is 30.5 Å². The number of aryl methyl sites for hydroxylation is 1. The molecule has 3 aromatic rings. The fourth-order valence-electron chi connectivity index (χ4n) is 4.49. The van der Waals surface area contributed by atoms with Crippen LogP contribution in [0.4, 0.5) is 5.95 Å². The lowest BCUT2D eigenvalue weighted by atomic mass is 10.0. The van der Waals surface area contributed by atoms with Crippen molar-refractivity contribution in [2.75, 3.05) is 18.0 Å². The Morgan fingerprint density at radius 3 is 2.74 bits per heavy atom. The number of anilines is 1. The molecule has 1 N–H and O–H groups in total. The smallest absolute Gasteiger partial charge is 0.251 e. The molecule has 158 valence electrons. The Kier molecular flexibility index (Phi) is 5.61. The molecule has 5 rings (SSSR count). The maximum Gasteiger partial charge on any atom is 0.251 e. The summed E-state index contributed by atoms with van der Waals surface area (Å²) >= 11 is 0.